The summed E-state index contributed by atoms with van der Waals surface area (Å²) >= 11 is 0. The van der Waals surface area contributed by atoms with Crippen molar-refractivity contribution in [3.05, 3.63) is 29.8 Å². The fourth-order valence-electron chi connectivity index (χ4n) is 2.35. The van der Waals surface area contributed by atoms with E-state index in [1.807, 2.05) is 24.3 Å². The van der Waals surface area contributed by atoms with Gasteiger partial charge in [0.1, 0.15) is 15.6 Å². The van der Waals surface area contributed by atoms with Gasteiger partial charge in [0.15, 0.2) is 0 Å². The number of sulfone groups is 1. The third-order valence-electron chi connectivity index (χ3n) is 3.67. The summed E-state index contributed by atoms with van der Waals surface area (Å²) in [5.41, 5.74) is 1.05. The Morgan fingerprint density at radius 2 is 1.79 bits per heavy atom. The Hall–Kier alpha value is -1.03. The van der Waals surface area contributed by atoms with E-state index in [4.69, 9.17) is 4.74 Å². The SMILES string of the molecule is CCS(=O)(=O)CCc1ccc(OC2CCCC2)cc1. The van der Waals surface area contributed by atoms with E-state index in [0.29, 0.717) is 12.5 Å². The molecular formula is C15H22O3S. The van der Waals surface area contributed by atoms with Crippen LogP contribution in [0.1, 0.15) is 38.2 Å². The number of ether oxygens (including phenoxy) is 1. The fraction of sp³-hybridized carbons (Fsp3) is 0.600. The molecule has 1 saturated carbocycles. The van der Waals surface area contributed by atoms with E-state index >= 15 is 0 Å². The van der Waals surface area contributed by atoms with Gasteiger partial charge in [-0.2, -0.15) is 0 Å². The maximum atomic E-state index is 11.4. The number of hydrogen-bond donors (Lipinski definition) is 0. The molecule has 0 amide bonds. The van der Waals surface area contributed by atoms with E-state index < -0.39 is 9.84 Å². The van der Waals surface area contributed by atoms with Crippen molar-refractivity contribution in [2.24, 2.45) is 0 Å². The molecule has 0 radical (unpaired) electrons. The maximum Gasteiger partial charge on any atom is 0.150 e. The third-order valence-corrected chi connectivity index (χ3v) is 5.38. The second kappa shape index (κ2) is 6.42. The van der Waals surface area contributed by atoms with E-state index in [0.717, 1.165) is 24.2 Å². The lowest BCUT2D eigenvalue weighted by Gasteiger charge is -2.13. The molecule has 1 aliphatic carbocycles. The molecule has 1 fully saturated rings. The number of hydrogen-bond acceptors (Lipinski definition) is 3. The Morgan fingerprint density at radius 1 is 1.16 bits per heavy atom. The first-order valence-electron chi connectivity index (χ1n) is 7.05. The molecule has 0 spiro atoms. The number of rotatable bonds is 6. The van der Waals surface area contributed by atoms with Crippen molar-refractivity contribution >= 4 is 9.84 Å². The topological polar surface area (TPSA) is 43.4 Å². The molecule has 1 aromatic carbocycles. The monoisotopic (exact) mass is 282 g/mol. The van der Waals surface area contributed by atoms with Gasteiger partial charge in [0.05, 0.1) is 11.9 Å². The van der Waals surface area contributed by atoms with Crippen LogP contribution in [-0.4, -0.2) is 26.0 Å². The smallest absolute Gasteiger partial charge is 0.150 e. The standard InChI is InChI=1S/C15H22O3S/c1-2-19(16,17)12-11-13-7-9-15(10-8-13)18-14-5-3-4-6-14/h7-10,14H,2-6,11-12H2,1H3. The number of aryl methyl sites for hydroxylation is 1. The van der Waals surface area contributed by atoms with Crippen LogP contribution in [0, 0.1) is 0 Å². The normalized spacial score (nSPS) is 16.7. The van der Waals surface area contributed by atoms with Crippen LogP contribution in [0.2, 0.25) is 0 Å². The summed E-state index contributed by atoms with van der Waals surface area (Å²) in [7, 11) is -2.88. The highest BCUT2D eigenvalue weighted by Crippen LogP contribution is 2.24. The van der Waals surface area contributed by atoms with Gasteiger partial charge in [-0.25, -0.2) is 8.42 Å². The highest BCUT2D eigenvalue weighted by Gasteiger charge is 2.16. The minimum atomic E-state index is -2.88. The molecule has 0 bridgehead atoms. The quantitative estimate of drug-likeness (QED) is 0.805. The summed E-state index contributed by atoms with van der Waals surface area (Å²) in [6.45, 7) is 1.69. The van der Waals surface area contributed by atoms with Crippen LogP contribution in [0.3, 0.4) is 0 Å². The molecule has 0 unspecified atom stereocenters. The average Bonchev–Trinajstić information content (AvgIpc) is 2.91. The molecule has 0 saturated heterocycles. The van der Waals surface area contributed by atoms with Gasteiger partial charge in [-0.05, 0) is 49.8 Å². The summed E-state index contributed by atoms with van der Waals surface area (Å²) in [6, 6.07) is 7.84. The van der Waals surface area contributed by atoms with Crippen molar-refractivity contribution < 1.29 is 13.2 Å². The summed E-state index contributed by atoms with van der Waals surface area (Å²) in [5, 5.41) is 0. The van der Waals surface area contributed by atoms with Crippen molar-refractivity contribution in [3.63, 3.8) is 0 Å². The molecule has 106 valence electrons. The van der Waals surface area contributed by atoms with Crippen molar-refractivity contribution in [2.45, 2.75) is 45.1 Å². The van der Waals surface area contributed by atoms with Crippen molar-refractivity contribution in [1.29, 1.82) is 0 Å². The molecule has 2 rings (SSSR count). The number of benzene rings is 1. The molecule has 1 aromatic rings. The van der Waals surface area contributed by atoms with Gasteiger partial charge < -0.3 is 4.74 Å². The Morgan fingerprint density at radius 3 is 2.37 bits per heavy atom. The van der Waals surface area contributed by atoms with Crippen LogP contribution >= 0.6 is 0 Å². The molecule has 0 heterocycles. The summed E-state index contributed by atoms with van der Waals surface area (Å²) < 4.78 is 28.8. The van der Waals surface area contributed by atoms with E-state index in [9.17, 15) is 8.42 Å². The van der Waals surface area contributed by atoms with E-state index in [1.54, 1.807) is 6.92 Å². The van der Waals surface area contributed by atoms with Crippen LogP contribution in [0.25, 0.3) is 0 Å². The van der Waals surface area contributed by atoms with Crippen LogP contribution in [0.5, 0.6) is 5.75 Å². The Balaban J connectivity index is 1.87. The lowest BCUT2D eigenvalue weighted by Crippen LogP contribution is -2.11. The first-order valence-corrected chi connectivity index (χ1v) is 8.87. The summed E-state index contributed by atoms with van der Waals surface area (Å²) in [5.74, 6) is 1.34. The predicted molar refractivity (Wildman–Crippen MR) is 77.4 cm³/mol. The Labute approximate surface area is 115 Å². The molecule has 0 atom stereocenters. The molecule has 0 aliphatic heterocycles. The maximum absolute atomic E-state index is 11.4. The van der Waals surface area contributed by atoms with Gasteiger partial charge in [-0.1, -0.05) is 19.1 Å². The van der Waals surface area contributed by atoms with Crippen molar-refractivity contribution in [2.75, 3.05) is 11.5 Å². The van der Waals surface area contributed by atoms with Crippen molar-refractivity contribution in [1.82, 2.24) is 0 Å². The average molecular weight is 282 g/mol. The molecule has 4 heteroatoms. The van der Waals surface area contributed by atoms with Gasteiger partial charge in [-0.15, -0.1) is 0 Å². The Bertz CT molecular complexity index is 485. The van der Waals surface area contributed by atoms with Crippen LogP contribution < -0.4 is 4.74 Å². The molecule has 0 aromatic heterocycles. The highest BCUT2D eigenvalue weighted by atomic mass is 32.2. The van der Waals surface area contributed by atoms with Gasteiger partial charge >= 0.3 is 0 Å². The minimum absolute atomic E-state index is 0.218. The molecule has 19 heavy (non-hydrogen) atoms. The molecule has 0 N–H and O–H groups in total. The highest BCUT2D eigenvalue weighted by molar-refractivity contribution is 7.91. The zero-order valence-electron chi connectivity index (χ0n) is 11.5. The van der Waals surface area contributed by atoms with Crippen LogP contribution in [-0.2, 0) is 16.3 Å². The second-order valence-corrected chi connectivity index (χ2v) is 7.63. The summed E-state index contributed by atoms with van der Waals surface area (Å²) in [6.07, 6.45) is 5.77. The zero-order valence-corrected chi connectivity index (χ0v) is 12.3. The molecule has 3 nitrogen and oxygen atoms in total. The van der Waals surface area contributed by atoms with Gasteiger partial charge in [0, 0.05) is 5.75 Å². The molecular weight excluding hydrogens is 260 g/mol. The molecule has 1 aliphatic rings. The minimum Gasteiger partial charge on any atom is -0.490 e. The van der Waals surface area contributed by atoms with Crippen LogP contribution in [0.4, 0.5) is 0 Å². The van der Waals surface area contributed by atoms with Crippen molar-refractivity contribution in [3.8, 4) is 5.75 Å². The summed E-state index contributed by atoms with van der Waals surface area (Å²) in [4.78, 5) is 0. The lowest BCUT2D eigenvalue weighted by atomic mass is 10.2. The van der Waals surface area contributed by atoms with Gasteiger partial charge in [0.25, 0.3) is 0 Å². The zero-order chi connectivity index (χ0) is 13.7. The largest absolute Gasteiger partial charge is 0.490 e. The van der Waals surface area contributed by atoms with E-state index in [2.05, 4.69) is 0 Å². The first kappa shape index (κ1) is 14.4. The van der Waals surface area contributed by atoms with Gasteiger partial charge in [0.2, 0.25) is 0 Å². The first-order chi connectivity index (χ1) is 9.09. The third kappa shape index (κ3) is 4.53. The van der Waals surface area contributed by atoms with E-state index in [-0.39, 0.29) is 11.5 Å². The fourth-order valence-corrected chi connectivity index (χ4v) is 3.19. The Kier molecular flexibility index (Phi) is 4.86. The predicted octanol–water partition coefficient (Wildman–Crippen LogP) is 2.99. The second-order valence-electron chi connectivity index (χ2n) is 5.15. The lowest BCUT2D eigenvalue weighted by molar-refractivity contribution is 0.210. The van der Waals surface area contributed by atoms with Crippen LogP contribution in [0.15, 0.2) is 24.3 Å². The van der Waals surface area contributed by atoms with Gasteiger partial charge in [-0.3, -0.25) is 0 Å². The van der Waals surface area contributed by atoms with E-state index in [1.165, 1.54) is 12.8 Å².